The Balaban J connectivity index is 2.03. The summed E-state index contributed by atoms with van der Waals surface area (Å²) in [4.78, 5) is 15.6. The van der Waals surface area contributed by atoms with E-state index in [9.17, 15) is 10.1 Å². The van der Waals surface area contributed by atoms with Crippen LogP contribution in [0.25, 0.3) is 27.8 Å². The van der Waals surface area contributed by atoms with Crippen LogP contribution in [0.15, 0.2) is 41.3 Å². The van der Waals surface area contributed by atoms with E-state index in [2.05, 4.69) is 22.9 Å². The molecule has 1 amide bonds. The van der Waals surface area contributed by atoms with Gasteiger partial charge in [0.2, 0.25) is 0 Å². The summed E-state index contributed by atoms with van der Waals surface area (Å²) in [5.41, 5.74) is 5.28. The second kappa shape index (κ2) is 6.86. The van der Waals surface area contributed by atoms with E-state index in [1.165, 1.54) is 0 Å². The van der Waals surface area contributed by atoms with Gasteiger partial charge in [-0.3, -0.25) is 0 Å². The van der Waals surface area contributed by atoms with Crippen LogP contribution in [0.2, 0.25) is 0 Å². The van der Waals surface area contributed by atoms with E-state index in [1.807, 2.05) is 37.3 Å². The Morgan fingerprint density at radius 3 is 2.71 bits per heavy atom. The number of amides is 1. The van der Waals surface area contributed by atoms with Gasteiger partial charge in [-0.2, -0.15) is 5.26 Å². The number of aromatic nitrogens is 1. The number of nitrogens with one attached hydrogen (secondary N) is 1. The fourth-order valence-corrected chi connectivity index (χ4v) is 3.49. The van der Waals surface area contributed by atoms with Gasteiger partial charge in [0.15, 0.2) is 11.5 Å². The first-order valence-corrected chi connectivity index (χ1v) is 9.08. The van der Waals surface area contributed by atoms with Crippen molar-refractivity contribution in [1.82, 2.24) is 10.3 Å². The quantitative estimate of drug-likeness (QED) is 0.667. The number of carboxylic acid groups (broad SMARTS) is 1. The lowest BCUT2D eigenvalue weighted by Gasteiger charge is -2.17. The van der Waals surface area contributed by atoms with Gasteiger partial charge in [-0.1, -0.05) is 36.9 Å². The Labute approximate surface area is 162 Å². The lowest BCUT2D eigenvalue weighted by Crippen LogP contribution is -2.22. The number of oxazole rings is 1. The van der Waals surface area contributed by atoms with Crippen molar-refractivity contribution >= 4 is 22.8 Å². The summed E-state index contributed by atoms with van der Waals surface area (Å²) in [5, 5.41) is 21.2. The molecule has 1 aromatic heterocycles. The van der Waals surface area contributed by atoms with Crippen LogP contribution in [0, 0.1) is 18.3 Å². The molecule has 6 nitrogen and oxygen atoms in total. The molecule has 0 atom stereocenters. The summed E-state index contributed by atoms with van der Waals surface area (Å²) in [6.45, 7) is 6.04. The molecule has 1 aliphatic carbocycles. The standard InChI is InChI=1S/C22H19N3O3/c1-12(11-24-22(26)27)17-18(14-6-4-3-5-7-14)13(2)16(10-23)19-20(17)28-21(25-19)15-8-9-15/h3-7,15,24H,1,8-9,11H2,2H3,(H,26,27). The lowest BCUT2D eigenvalue weighted by atomic mass is 9.87. The SMILES string of the molecule is C=C(CNC(=O)O)c1c(-c2ccccc2)c(C)c(C#N)c2nc(C3CC3)oc12. The van der Waals surface area contributed by atoms with E-state index in [4.69, 9.17) is 9.52 Å². The first-order chi connectivity index (χ1) is 13.5. The lowest BCUT2D eigenvalue weighted by molar-refractivity contribution is 0.196. The van der Waals surface area contributed by atoms with Gasteiger partial charge >= 0.3 is 6.09 Å². The Kier molecular flexibility index (Phi) is 4.36. The number of fused-ring (bicyclic) bond motifs is 1. The van der Waals surface area contributed by atoms with Crippen molar-refractivity contribution in [3.8, 4) is 17.2 Å². The Hall–Kier alpha value is -3.59. The highest BCUT2D eigenvalue weighted by atomic mass is 16.4. The van der Waals surface area contributed by atoms with Gasteiger partial charge in [-0.05, 0) is 42.0 Å². The maximum atomic E-state index is 11.0. The van der Waals surface area contributed by atoms with Crippen LogP contribution in [0.5, 0.6) is 0 Å². The molecule has 28 heavy (non-hydrogen) atoms. The Morgan fingerprint density at radius 1 is 1.39 bits per heavy atom. The Morgan fingerprint density at radius 2 is 2.11 bits per heavy atom. The number of hydrogen-bond acceptors (Lipinski definition) is 4. The van der Waals surface area contributed by atoms with Crippen molar-refractivity contribution in [2.75, 3.05) is 6.54 Å². The molecule has 0 bridgehead atoms. The molecule has 6 heteroatoms. The van der Waals surface area contributed by atoms with Crippen molar-refractivity contribution in [2.24, 2.45) is 0 Å². The molecule has 3 aromatic rings. The highest BCUT2D eigenvalue weighted by molar-refractivity contribution is 6.01. The molecule has 4 rings (SSSR count). The number of hydrogen-bond donors (Lipinski definition) is 2. The van der Waals surface area contributed by atoms with Crippen LogP contribution < -0.4 is 5.32 Å². The van der Waals surface area contributed by atoms with Crippen LogP contribution in [-0.2, 0) is 0 Å². The third-order valence-corrected chi connectivity index (χ3v) is 5.01. The van der Waals surface area contributed by atoms with Gasteiger partial charge in [-0.25, -0.2) is 9.78 Å². The molecule has 0 radical (unpaired) electrons. The molecule has 2 aromatic carbocycles. The zero-order chi connectivity index (χ0) is 19.8. The number of carbonyl (C=O) groups is 1. The van der Waals surface area contributed by atoms with Gasteiger partial charge in [0.05, 0.1) is 5.56 Å². The molecular weight excluding hydrogens is 354 g/mol. The maximum Gasteiger partial charge on any atom is 0.404 e. The first kappa shape index (κ1) is 17.8. The van der Waals surface area contributed by atoms with E-state index < -0.39 is 6.09 Å². The zero-order valence-corrected chi connectivity index (χ0v) is 15.5. The van der Waals surface area contributed by atoms with Gasteiger partial charge in [0.1, 0.15) is 11.6 Å². The van der Waals surface area contributed by atoms with Gasteiger partial charge in [0.25, 0.3) is 0 Å². The fourth-order valence-electron chi connectivity index (χ4n) is 3.49. The summed E-state index contributed by atoms with van der Waals surface area (Å²) in [5.74, 6) is 0.925. The predicted octanol–water partition coefficient (Wildman–Crippen LogP) is 4.83. The third kappa shape index (κ3) is 3.01. The number of rotatable bonds is 5. The summed E-state index contributed by atoms with van der Waals surface area (Å²) in [6.07, 6.45) is 0.923. The average molecular weight is 373 g/mol. The van der Waals surface area contributed by atoms with Crippen LogP contribution in [0.3, 0.4) is 0 Å². The summed E-state index contributed by atoms with van der Waals surface area (Å²) >= 11 is 0. The normalized spacial score (nSPS) is 13.3. The van der Waals surface area contributed by atoms with Crippen LogP contribution in [0.1, 0.15) is 41.3 Å². The van der Waals surface area contributed by atoms with Crippen molar-refractivity contribution in [3.05, 3.63) is 59.5 Å². The minimum absolute atomic E-state index is 0.0507. The molecule has 1 saturated carbocycles. The van der Waals surface area contributed by atoms with Crippen molar-refractivity contribution < 1.29 is 14.3 Å². The smallest absolute Gasteiger partial charge is 0.404 e. The molecule has 0 aliphatic heterocycles. The van der Waals surface area contributed by atoms with E-state index in [0.717, 1.165) is 29.5 Å². The molecule has 0 saturated heterocycles. The molecule has 1 aliphatic rings. The third-order valence-electron chi connectivity index (χ3n) is 5.01. The minimum Gasteiger partial charge on any atom is -0.465 e. The van der Waals surface area contributed by atoms with Crippen molar-refractivity contribution in [2.45, 2.75) is 25.7 Å². The Bertz CT molecular complexity index is 1140. The minimum atomic E-state index is -1.12. The highest BCUT2D eigenvalue weighted by Crippen LogP contribution is 2.45. The van der Waals surface area contributed by atoms with Crippen LogP contribution in [-0.4, -0.2) is 22.7 Å². The predicted molar refractivity (Wildman–Crippen MR) is 106 cm³/mol. The van der Waals surface area contributed by atoms with Gasteiger partial charge < -0.3 is 14.8 Å². The van der Waals surface area contributed by atoms with Crippen LogP contribution >= 0.6 is 0 Å². The molecule has 2 N–H and O–H groups in total. The average Bonchev–Trinajstić information content (AvgIpc) is 3.45. The molecule has 1 fully saturated rings. The largest absolute Gasteiger partial charge is 0.465 e. The topological polar surface area (TPSA) is 99.2 Å². The second-order valence-electron chi connectivity index (χ2n) is 6.99. The van der Waals surface area contributed by atoms with Crippen LogP contribution in [0.4, 0.5) is 4.79 Å². The monoisotopic (exact) mass is 373 g/mol. The maximum absolute atomic E-state index is 11.0. The van der Waals surface area contributed by atoms with E-state index in [0.29, 0.717) is 33.7 Å². The van der Waals surface area contributed by atoms with E-state index >= 15 is 0 Å². The van der Waals surface area contributed by atoms with Crippen molar-refractivity contribution in [1.29, 1.82) is 5.26 Å². The zero-order valence-electron chi connectivity index (χ0n) is 15.5. The molecule has 1 heterocycles. The number of nitriles is 1. The molecular formula is C22H19N3O3. The number of benzene rings is 2. The van der Waals surface area contributed by atoms with E-state index in [-0.39, 0.29) is 12.5 Å². The van der Waals surface area contributed by atoms with Crippen molar-refractivity contribution in [3.63, 3.8) is 0 Å². The highest BCUT2D eigenvalue weighted by Gasteiger charge is 2.32. The molecule has 140 valence electrons. The molecule has 0 unspecified atom stereocenters. The fraction of sp³-hybridized carbons (Fsp3) is 0.227. The van der Waals surface area contributed by atoms with Gasteiger partial charge in [0, 0.05) is 18.0 Å². The van der Waals surface area contributed by atoms with E-state index in [1.54, 1.807) is 0 Å². The second-order valence-corrected chi connectivity index (χ2v) is 6.99. The molecule has 0 spiro atoms. The number of nitrogens with zero attached hydrogens (tertiary/aromatic N) is 2. The first-order valence-electron chi connectivity index (χ1n) is 9.08. The van der Waals surface area contributed by atoms with Gasteiger partial charge in [-0.15, -0.1) is 0 Å². The summed E-state index contributed by atoms with van der Waals surface area (Å²) in [7, 11) is 0. The summed E-state index contributed by atoms with van der Waals surface area (Å²) < 4.78 is 6.11. The summed E-state index contributed by atoms with van der Waals surface area (Å²) in [6, 6.07) is 11.9.